The minimum Gasteiger partial charge on any atom is -0.343 e. The van der Waals surface area contributed by atoms with Crippen molar-refractivity contribution in [1.82, 2.24) is 4.90 Å². The summed E-state index contributed by atoms with van der Waals surface area (Å²) in [5.74, 6) is 0. The Morgan fingerprint density at radius 3 is 2.75 bits per heavy atom. The third kappa shape index (κ3) is 1.39. The molecule has 3 rings (SSSR count). The van der Waals surface area contributed by atoms with E-state index in [1.807, 2.05) is 24.3 Å². The smallest absolute Gasteiger partial charge is 0.149 e. The Kier molecular flexibility index (Phi) is 2.00. The van der Waals surface area contributed by atoms with Gasteiger partial charge in [-0.25, -0.2) is 0 Å². The van der Waals surface area contributed by atoms with Gasteiger partial charge in [0.15, 0.2) is 0 Å². The lowest BCUT2D eigenvalue weighted by atomic mass is 10.1. The highest BCUT2D eigenvalue weighted by molar-refractivity contribution is 5.80. The molecule has 0 aromatic heterocycles. The second kappa shape index (κ2) is 3.49. The summed E-state index contributed by atoms with van der Waals surface area (Å²) >= 11 is 0. The average molecular weight is 209 g/mol. The molecule has 0 aliphatic carbocycles. The van der Waals surface area contributed by atoms with Crippen LogP contribution in [-0.4, -0.2) is 17.7 Å². The van der Waals surface area contributed by atoms with Crippen molar-refractivity contribution in [2.45, 2.75) is 0 Å². The number of allylic oxidation sites excluding steroid dienone is 3. The van der Waals surface area contributed by atoms with Crippen LogP contribution in [-0.2, 0) is 4.79 Å². The number of nitrogens with zero attached hydrogens (tertiary/aromatic N) is 1. The SMILES string of the molecule is O=CC1=CCN2C=c3ccccc3=CC2=C1. The van der Waals surface area contributed by atoms with Crippen molar-refractivity contribution in [2.24, 2.45) is 0 Å². The van der Waals surface area contributed by atoms with Crippen molar-refractivity contribution < 1.29 is 4.79 Å². The van der Waals surface area contributed by atoms with E-state index >= 15 is 0 Å². The Morgan fingerprint density at radius 1 is 1.12 bits per heavy atom. The predicted molar refractivity (Wildman–Crippen MR) is 63.6 cm³/mol. The fourth-order valence-corrected chi connectivity index (χ4v) is 2.04. The third-order valence-electron chi connectivity index (χ3n) is 2.90. The number of carbonyl (C=O) groups excluding carboxylic acids is 1. The van der Waals surface area contributed by atoms with E-state index in [1.54, 1.807) is 0 Å². The van der Waals surface area contributed by atoms with Crippen LogP contribution in [0.2, 0.25) is 0 Å². The molecule has 0 spiro atoms. The topological polar surface area (TPSA) is 20.3 Å². The van der Waals surface area contributed by atoms with Gasteiger partial charge in [-0.05, 0) is 22.6 Å². The van der Waals surface area contributed by atoms with E-state index in [9.17, 15) is 4.79 Å². The molecule has 0 radical (unpaired) electrons. The molecular formula is C14H11NO. The molecule has 16 heavy (non-hydrogen) atoms. The fraction of sp³-hybridized carbons (Fsp3) is 0.0714. The van der Waals surface area contributed by atoms with E-state index in [4.69, 9.17) is 0 Å². The maximum Gasteiger partial charge on any atom is 0.149 e. The highest BCUT2D eigenvalue weighted by Gasteiger charge is 2.12. The van der Waals surface area contributed by atoms with Crippen LogP contribution in [0.5, 0.6) is 0 Å². The molecule has 0 atom stereocenters. The molecule has 2 aliphatic rings. The summed E-state index contributed by atoms with van der Waals surface area (Å²) in [6.45, 7) is 0.769. The minimum atomic E-state index is 0.760. The van der Waals surface area contributed by atoms with Gasteiger partial charge in [0, 0.05) is 24.0 Å². The highest BCUT2D eigenvalue weighted by Crippen LogP contribution is 2.16. The zero-order valence-electron chi connectivity index (χ0n) is 8.76. The van der Waals surface area contributed by atoms with Gasteiger partial charge in [0.05, 0.1) is 0 Å². The van der Waals surface area contributed by atoms with E-state index in [1.165, 1.54) is 10.4 Å². The first-order chi connectivity index (χ1) is 7.86. The first-order valence-electron chi connectivity index (χ1n) is 5.29. The Labute approximate surface area is 93.5 Å². The summed E-state index contributed by atoms with van der Waals surface area (Å²) < 4.78 is 0. The number of hydrogen-bond acceptors (Lipinski definition) is 2. The van der Waals surface area contributed by atoms with Gasteiger partial charge in [-0.3, -0.25) is 4.79 Å². The van der Waals surface area contributed by atoms with Crippen LogP contribution in [0, 0.1) is 0 Å². The van der Waals surface area contributed by atoms with Gasteiger partial charge in [0.1, 0.15) is 6.29 Å². The quantitative estimate of drug-likeness (QED) is 0.629. The maximum absolute atomic E-state index is 10.7. The normalized spacial score (nSPS) is 17.1. The molecular weight excluding hydrogens is 198 g/mol. The molecule has 78 valence electrons. The number of aldehydes is 1. The third-order valence-corrected chi connectivity index (χ3v) is 2.90. The molecule has 1 aromatic rings. The predicted octanol–water partition coefficient (Wildman–Crippen LogP) is 0.543. The number of hydrogen-bond donors (Lipinski definition) is 0. The second-order valence-corrected chi connectivity index (χ2v) is 3.95. The second-order valence-electron chi connectivity index (χ2n) is 3.95. The van der Waals surface area contributed by atoms with Gasteiger partial charge >= 0.3 is 0 Å². The summed E-state index contributed by atoms with van der Waals surface area (Å²) in [5, 5.41) is 2.43. The molecule has 2 aliphatic heterocycles. The fourth-order valence-electron chi connectivity index (χ4n) is 2.04. The molecule has 1 aromatic carbocycles. The Bertz CT molecular complexity index is 622. The molecule has 2 nitrogen and oxygen atoms in total. The molecule has 0 unspecified atom stereocenters. The van der Waals surface area contributed by atoms with Crippen LogP contribution in [0.3, 0.4) is 0 Å². The molecule has 0 fully saturated rings. The van der Waals surface area contributed by atoms with Crippen LogP contribution < -0.4 is 10.4 Å². The van der Waals surface area contributed by atoms with E-state index in [2.05, 4.69) is 29.3 Å². The molecule has 0 amide bonds. The van der Waals surface area contributed by atoms with Crippen LogP contribution in [0.25, 0.3) is 12.3 Å². The zero-order valence-corrected chi connectivity index (χ0v) is 8.76. The first kappa shape index (κ1) is 9.16. The van der Waals surface area contributed by atoms with Crippen molar-refractivity contribution >= 4 is 18.6 Å². The lowest BCUT2D eigenvalue weighted by Crippen LogP contribution is -2.35. The largest absolute Gasteiger partial charge is 0.343 e. The molecule has 2 heteroatoms. The summed E-state index contributed by atoms with van der Waals surface area (Å²) in [6.07, 6.45) is 9.00. The molecule has 0 saturated carbocycles. The van der Waals surface area contributed by atoms with E-state index in [0.717, 1.165) is 24.1 Å². The van der Waals surface area contributed by atoms with E-state index in [0.29, 0.717) is 0 Å². The van der Waals surface area contributed by atoms with Crippen molar-refractivity contribution in [2.75, 3.05) is 6.54 Å². The van der Waals surface area contributed by atoms with Crippen molar-refractivity contribution in [3.05, 3.63) is 58.1 Å². The van der Waals surface area contributed by atoms with E-state index in [-0.39, 0.29) is 0 Å². The lowest BCUT2D eigenvalue weighted by Gasteiger charge is -2.25. The number of benzene rings is 1. The van der Waals surface area contributed by atoms with Crippen molar-refractivity contribution in [3.8, 4) is 0 Å². The highest BCUT2D eigenvalue weighted by atomic mass is 16.1. The van der Waals surface area contributed by atoms with Crippen LogP contribution >= 0.6 is 0 Å². The molecule has 0 N–H and O–H groups in total. The summed E-state index contributed by atoms with van der Waals surface area (Å²) in [4.78, 5) is 12.9. The van der Waals surface area contributed by atoms with Gasteiger partial charge < -0.3 is 4.90 Å². The van der Waals surface area contributed by atoms with Crippen molar-refractivity contribution in [3.63, 3.8) is 0 Å². The van der Waals surface area contributed by atoms with Crippen LogP contribution in [0.4, 0.5) is 0 Å². The average Bonchev–Trinajstić information content (AvgIpc) is 2.35. The van der Waals surface area contributed by atoms with Gasteiger partial charge in [-0.15, -0.1) is 0 Å². The summed E-state index contributed by atoms with van der Waals surface area (Å²) in [6, 6.07) is 8.25. The van der Waals surface area contributed by atoms with Gasteiger partial charge in [0.2, 0.25) is 0 Å². The van der Waals surface area contributed by atoms with Crippen molar-refractivity contribution in [1.29, 1.82) is 0 Å². The Balaban J connectivity index is 2.19. The number of rotatable bonds is 1. The number of carbonyl (C=O) groups is 1. The molecule has 0 saturated heterocycles. The Morgan fingerprint density at radius 2 is 1.94 bits per heavy atom. The van der Waals surface area contributed by atoms with Crippen LogP contribution in [0.1, 0.15) is 0 Å². The van der Waals surface area contributed by atoms with Crippen LogP contribution in [0.15, 0.2) is 47.7 Å². The van der Waals surface area contributed by atoms with Gasteiger partial charge in [-0.1, -0.05) is 30.3 Å². The summed E-state index contributed by atoms with van der Waals surface area (Å²) in [7, 11) is 0. The summed E-state index contributed by atoms with van der Waals surface area (Å²) in [5.41, 5.74) is 1.85. The monoisotopic (exact) mass is 209 g/mol. The Hall–Kier alpha value is -2.09. The van der Waals surface area contributed by atoms with E-state index < -0.39 is 0 Å². The number of fused-ring (bicyclic) bond motifs is 2. The standard InChI is InChI=1S/C14H11NO/c16-10-11-5-6-15-9-13-4-2-1-3-12(13)8-14(15)7-11/h1-5,7-10H,6H2. The lowest BCUT2D eigenvalue weighted by molar-refractivity contribution is -0.104. The zero-order chi connectivity index (χ0) is 11.0. The minimum absolute atomic E-state index is 0.760. The van der Waals surface area contributed by atoms with Gasteiger partial charge in [0.25, 0.3) is 0 Å². The van der Waals surface area contributed by atoms with Gasteiger partial charge in [-0.2, -0.15) is 0 Å². The maximum atomic E-state index is 10.7. The first-order valence-corrected chi connectivity index (χ1v) is 5.29. The molecule has 0 bridgehead atoms. The molecule has 2 heterocycles.